The van der Waals surface area contributed by atoms with Crippen molar-refractivity contribution in [1.29, 1.82) is 0 Å². The second kappa shape index (κ2) is 13.1. The Morgan fingerprint density at radius 3 is 1.98 bits per heavy atom. The molecule has 0 spiro atoms. The van der Waals surface area contributed by atoms with Crippen LogP contribution in [0.2, 0.25) is 0 Å². The van der Waals surface area contributed by atoms with Gasteiger partial charge in [0.25, 0.3) is 0 Å². The van der Waals surface area contributed by atoms with E-state index < -0.39 is 22.8 Å². The van der Waals surface area contributed by atoms with Crippen LogP contribution in [0.4, 0.5) is 0 Å². The summed E-state index contributed by atoms with van der Waals surface area (Å²) in [5.74, 6) is 0. The molecule has 0 bridgehead atoms. The summed E-state index contributed by atoms with van der Waals surface area (Å²) in [5.41, 5.74) is 15.0. The van der Waals surface area contributed by atoms with Crippen molar-refractivity contribution in [3.05, 3.63) is 152 Å². The van der Waals surface area contributed by atoms with Crippen LogP contribution in [-0.2, 0) is 29.2 Å². The van der Waals surface area contributed by atoms with Crippen LogP contribution in [-0.4, -0.2) is 3.21 Å². The van der Waals surface area contributed by atoms with Gasteiger partial charge in [0.2, 0.25) is 0 Å². The Bertz CT molecular complexity index is 1760. The molecule has 42 heavy (non-hydrogen) atoms. The third-order valence-electron chi connectivity index (χ3n) is 9.56. The summed E-state index contributed by atoms with van der Waals surface area (Å²) >= 11 is -1.28. The normalized spacial score (nSPS) is 18.7. The SMILES string of the molecule is CCc1cc(C)c2c(c1)=[C]([Zr+2]=[C](c1ccccc1)c1ccccc1)C1=C(C3=CC=CC3)C(C)(CC)C(C)=C(C)C=21.[Cl-].[Cl-]. The maximum atomic E-state index is 2.55. The topological polar surface area (TPSA) is 0 Å². The van der Waals surface area contributed by atoms with Crippen molar-refractivity contribution in [3.8, 4) is 0 Å². The molecule has 0 fully saturated rings. The molecule has 3 aliphatic carbocycles. The first kappa shape index (κ1) is 32.6. The fourth-order valence-corrected chi connectivity index (χ4v) is 10.9. The average Bonchev–Trinajstić information content (AvgIpc) is 3.63. The monoisotopic (exact) mass is 667 g/mol. The fraction of sp³-hybridized carbons (Fsp3) is 0.256. The molecule has 0 heterocycles. The van der Waals surface area contributed by atoms with Crippen LogP contribution >= 0.6 is 0 Å². The van der Waals surface area contributed by atoms with Crippen LogP contribution in [0.3, 0.4) is 0 Å². The van der Waals surface area contributed by atoms with Gasteiger partial charge in [0.1, 0.15) is 0 Å². The molecule has 0 aliphatic heterocycles. The first-order valence-corrected chi connectivity index (χ1v) is 17.3. The molecule has 3 heteroatoms. The molecule has 0 saturated carbocycles. The summed E-state index contributed by atoms with van der Waals surface area (Å²) in [6.45, 7) is 14.4. The molecule has 3 aromatic rings. The van der Waals surface area contributed by atoms with E-state index in [0.29, 0.717) is 0 Å². The molecule has 3 aromatic carbocycles. The smallest absolute Gasteiger partial charge is 1.00 e. The number of hydrogen-bond donors (Lipinski definition) is 0. The second-order valence-electron chi connectivity index (χ2n) is 11.7. The van der Waals surface area contributed by atoms with Gasteiger partial charge in [-0.25, -0.2) is 0 Å². The largest absolute Gasteiger partial charge is 1.00 e. The van der Waals surface area contributed by atoms with Gasteiger partial charge < -0.3 is 24.8 Å². The maximum Gasteiger partial charge on any atom is -1.00 e. The molecule has 213 valence electrons. The Hall–Kier alpha value is -2.31. The van der Waals surface area contributed by atoms with Gasteiger partial charge in [0.15, 0.2) is 0 Å². The van der Waals surface area contributed by atoms with Crippen molar-refractivity contribution >= 4 is 12.1 Å². The molecule has 0 aromatic heterocycles. The van der Waals surface area contributed by atoms with Crippen LogP contribution in [0.15, 0.2) is 119 Å². The van der Waals surface area contributed by atoms with Crippen LogP contribution < -0.4 is 35.3 Å². The number of benzene rings is 3. The molecular weight excluding hydrogens is 631 g/mol. The third kappa shape index (κ3) is 5.32. The average molecular weight is 670 g/mol. The van der Waals surface area contributed by atoms with Gasteiger partial charge in [-0.1, -0.05) is 0 Å². The van der Waals surface area contributed by atoms with Gasteiger partial charge in [-0.15, -0.1) is 0 Å². The van der Waals surface area contributed by atoms with Gasteiger partial charge >= 0.3 is 253 Å². The van der Waals surface area contributed by atoms with Crippen molar-refractivity contribution in [2.45, 2.75) is 60.8 Å². The first-order valence-electron chi connectivity index (χ1n) is 14.8. The summed E-state index contributed by atoms with van der Waals surface area (Å²) in [6, 6.07) is 27.4. The molecule has 0 N–H and O–H groups in total. The van der Waals surface area contributed by atoms with E-state index in [2.05, 4.69) is 133 Å². The third-order valence-corrected chi connectivity index (χ3v) is 13.5. The van der Waals surface area contributed by atoms with E-state index in [1.165, 1.54) is 49.4 Å². The predicted molar refractivity (Wildman–Crippen MR) is 168 cm³/mol. The van der Waals surface area contributed by atoms with E-state index in [9.17, 15) is 0 Å². The van der Waals surface area contributed by atoms with Crippen LogP contribution in [0.25, 0.3) is 8.85 Å². The van der Waals surface area contributed by atoms with E-state index in [1.807, 2.05) is 0 Å². The quantitative estimate of drug-likeness (QED) is 0.378. The molecule has 0 nitrogen and oxygen atoms in total. The fourth-order valence-electron chi connectivity index (χ4n) is 7.03. The number of rotatable bonds is 6. The Morgan fingerprint density at radius 2 is 1.45 bits per heavy atom. The molecule has 6 rings (SSSR count). The summed E-state index contributed by atoms with van der Waals surface area (Å²) in [6.07, 6.45) is 10.2. The van der Waals surface area contributed by atoms with E-state index in [4.69, 9.17) is 0 Å². The Kier molecular flexibility index (Phi) is 10.2. The summed E-state index contributed by atoms with van der Waals surface area (Å²) in [5, 5.41) is 3.03. The molecular formula is C39H39Cl2Zr. The molecule has 3 aliphatic rings. The molecule has 0 radical (unpaired) electrons. The molecule has 1 atom stereocenters. The minimum atomic E-state index is -1.28. The Labute approximate surface area is 275 Å². The minimum Gasteiger partial charge on any atom is -1.00 e. The zero-order valence-corrected chi connectivity index (χ0v) is 29.5. The maximum absolute atomic E-state index is 2.55. The first-order chi connectivity index (χ1) is 19.4. The van der Waals surface area contributed by atoms with Gasteiger partial charge in [-0.05, 0) is 0 Å². The summed E-state index contributed by atoms with van der Waals surface area (Å²) in [4.78, 5) is 0. The summed E-state index contributed by atoms with van der Waals surface area (Å²) < 4.78 is 3.24. The van der Waals surface area contributed by atoms with Crippen LogP contribution in [0.1, 0.15) is 69.7 Å². The van der Waals surface area contributed by atoms with Crippen molar-refractivity contribution in [3.63, 3.8) is 0 Å². The van der Waals surface area contributed by atoms with Gasteiger partial charge in [0.05, 0.1) is 0 Å². The second-order valence-corrected chi connectivity index (χ2v) is 14.8. The number of halogens is 2. The van der Waals surface area contributed by atoms with Crippen LogP contribution in [0, 0.1) is 12.3 Å². The standard InChI is InChI=1S/C26H29.C13H10.2ClH.Zr/c1-7-19-13-16(3)23-21(14-19)15-22-24(23)17(4)18(5)26(6,8-2)25(22)20-11-9-10-12-20;1-3-7-12(8-4-1)11-13-9-5-2-6-10-13;;;/h9-11,13-14H,7-8,12H2,1-6H3;1-10H;2*1H;/q;;;;+2/p-2. The number of fused-ring (bicyclic) bond motifs is 2. The van der Waals surface area contributed by atoms with Gasteiger partial charge in [0, 0.05) is 0 Å². The molecule has 0 amide bonds. The van der Waals surface area contributed by atoms with E-state index in [0.717, 1.165) is 19.3 Å². The van der Waals surface area contributed by atoms with Gasteiger partial charge in [-0.3, -0.25) is 0 Å². The van der Waals surface area contributed by atoms with Crippen molar-refractivity contribution in [2.75, 3.05) is 0 Å². The van der Waals surface area contributed by atoms with Crippen LogP contribution in [0.5, 0.6) is 0 Å². The number of allylic oxidation sites excluding steroid dienone is 8. The van der Waals surface area contributed by atoms with E-state index >= 15 is 0 Å². The van der Waals surface area contributed by atoms with Crippen molar-refractivity contribution < 1.29 is 47.6 Å². The number of hydrogen-bond acceptors (Lipinski definition) is 0. The summed E-state index contributed by atoms with van der Waals surface area (Å²) in [7, 11) is 0. The van der Waals surface area contributed by atoms with E-state index in [-0.39, 0.29) is 30.2 Å². The minimum absolute atomic E-state index is 0. The molecule has 0 saturated heterocycles. The van der Waals surface area contributed by atoms with Gasteiger partial charge in [-0.2, -0.15) is 0 Å². The van der Waals surface area contributed by atoms with Crippen molar-refractivity contribution in [2.24, 2.45) is 5.41 Å². The predicted octanol–water partition coefficient (Wildman–Crippen LogP) is 2.14. The zero-order valence-electron chi connectivity index (χ0n) is 25.5. The molecule has 1 unspecified atom stereocenters. The number of aryl methyl sites for hydroxylation is 2. The van der Waals surface area contributed by atoms with E-state index in [1.54, 1.807) is 23.2 Å². The van der Waals surface area contributed by atoms with Crippen molar-refractivity contribution in [1.82, 2.24) is 0 Å². The Balaban J connectivity index is 0.00000202. The Morgan fingerprint density at radius 1 is 0.833 bits per heavy atom. The zero-order chi connectivity index (χ0) is 28.0.